The van der Waals surface area contributed by atoms with Gasteiger partial charge in [0, 0.05) is 31.5 Å². The van der Waals surface area contributed by atoms with Crippen molar-refractivity contribution in [1.29, 1.82) is 0 Å². The van der Waals surface area contributed by atoms with Gasteiger partial charge in [-0.25, -0.2) is 9.97 Å². The highest BCUT2D eigenvalue weighted by Crippen LogP contribution is 2.09. The third kappa shape index (κ3) is 4.84. The number of carbonyl (C=O) groups is 1. The van der Waals surface area contributed by atoms with E-state index in [1.54, 1.807) is 25.4 Å². The number of amides is 1. The first-order valence-corrected chi connectivity index (χ1v) is 8.01. The average molecular weight is 333 g/mol. The Morgan fingerprint density at radius 3 is 2.56 bits per heavy atom. The summed E-state index contributed by atoms with van der Waals surface area (Å²) in [6.07, 6.45) is 3.42. The average Bonchev–Trinajstić information content (AvgIpc) is 2.66. The quantitative estimate of drug-likeness (QED) is 0.725. The summed E-state index contributed by atoms with van der Waals surface area (Å²) in [5.41, 5.74) is 2.41. The summed E-state index contributed by atoms with van der Waals surface area (Å²) in [5, 5.41) is 6.08. The Labute approximate surface area is 146 Å². The smallest absolute Gasteiger partial charge is 0.270 e. The van der Waals surface area contributed by atoms with E-state index in [0.717, 1.165) is 11.1 Å². The number of hydrogen-bond acceptors (Lipinski definition) is 5. The van der Waals surface area contributed by atoms with Crippen LogP contribution >= 0.6 is 0 Å². The zero-order valence-electron chi connectivity index (χ0n) is 13.9. The van der Waals surface area contributed by atoms with E-state index in [2.05, 4.69) is 25.6 Å². The normalized spacial score (nSPS) is 10.3. The summed E-state index contributed by atoms with van der Waals surface area (Å²) in [5.74, 6) is 0.935. The van der Waals surface area contributed by atoms with Gasteiger partial charge in [-0.15, -0.1) is 0 Å². The van der Waals surface area contributed by atoms with E-state index in [1.165, 1.54) is 0 Å². The minimum atomic E-state index is -0.239. The predicted octanol–water partition coefficient (Wildman–Crippen LogP) is 2.72. The standard InChI is InChI=1S/C19H19N5O/c1-14-23-17(19(25)22-13-16-8-5-9-20-11-16)10-18(24-14)21-12-15-6-3-2-4-7-15/h2-11H,12-13H2,1H3,(H,22,25)(H,21,23,24). The van der Waals surface area contributed by atoms with Crippen molar-refractivity contribution in [3.05, 3.63) is 83.6 Å². The lowest BCUT2D eigenvalue weighted by atomic mass is 10.2. The van der Waals surface area contributed by atoms with Crippen molar-refractivity contribution in [3.8, 4) is 0 Å². The van der Waals surface area contributed by atoms with E-state index in [4.69, 9.17) is 0 Å². The van der Waals surface area contributed by atoms with Crippen molar-refractivity contribution < 1.29 is 4.79 Å². The van der Waals surface area contributed by atoms with Crippen LogP contribution in [0.1, 0.15) is 27.4 Å². The summed E-state index contributed by atoms with van der Waals surface area (Å²) in [7, 11) is 0. The maximum absolute atomic E-state index is 12.3. The molecule has 0 saturated carbocycles. The van der Waals surface area contributed by atoms with Crippen LogP contribution in [0, 0.1) is 6.92 Å². The molecule has 2 aromatic heterocycles. The molecule has 0 unspecified atom stereocenters. The number of pyridine rings is 1. The van der Waals surface area contributed by atoms with Crippen LogP contribution in [0.4, 0.5) is 5.82 Å². The fourth-order valence-electron chi connectivity index (χ4n) is 2.34. The largest absolute Gasteiger partial charge is 0.366 e. The highest BCUT2D eigenvalue weighted by atomic mass is 16.1. The Morgan fingerprint density at radius 1 is 1.00 bits per heavy atom. The minimum Gasteiger partial charge on any atom is -0.366 e. The van der Waals surface area contributed by atoms with Gasteiger partial charge in [0.2, 0.25) is 0 Å². The van der Waals surface area contributed by atoms with Crippen molar-refractivity contribution in [2.75, 3.05) is 5.32 Å². The van der Waals surface area contributed by atoms with Crippen LogP contribution in [0.3, 0.4) is 0 Å². The summed E-state index contributed by atoms with van der Waals surface area (Å²) in [6, 6.07) is 15.4. The lowest BCUT2D eigenvalue weighted by Gasteiger charge is -2.09. The van der Waals surface area contributed by atoms with Crippen molar-refractivity contribution in [1.82, 2.24) is 20.3 Å². The number of nitrogens with one attached hydrogen (secondary N) is 2. The Kier molecular flexibility index (Phi) is 5.31. The number of nitrogens with zero attached hydrogens (tertiary/aromatic N) is 3. The molecule has 126 valence electrons. The molecule has 1 amide bonds. The van der Waals surface area contributed by atoms with Crippen LogP contribution in [0.5, 0.6) is 0 Å². The first kappa shape index (κ1) is 16.6. The van der Waals surface area contributed by atoms with E-state index in [1.807, 2.05) is 42.5 Å². The summed E-state index contributed by atoms with van der Waals surface area (Å²) in [4.78, 5) is 24.9. The molecule has 0 radical (unpaired) electrons. The van der Waals surface area contributed by atoms with Crippen molar-refractivity contribution in [2.45, 2.75) is 20.0 Å². The van der Waals surface area contributed by atoms with Gasteiger partial charge < -0.3 is 10.6 Å². The second kappa shape index (κ2) is 8.01. The summed E-state index contributed by atoms with van der Waals surface area (Å²) < 4.78 is 0. The number of anilines is 1. The van der Waals surface area contributed by atoms with Crippen LogP contribution in [0.25, 0.3) is 0 Å². The SMILES string of the molecule is Cc1nc(NCc2ccccc2)cc(C(=O)NCc2cccnc2)n1. The van der Waals surface area contributed by atoms with E-state index in [0.29, 0.717) is 30.4 Å². The number of aromatic nitrogens is 3. The number of aryl methyl sites for hydroxylation is 1. The lowest BCUT2D eigenvalue weighted by Crippen LogP contribution is -2.24. The van der Waals surface area contributed by atoms with Crippen LogP contribution < -0.4 is 10.6 Å². The maximum atomic E-state index is 12.3. The topological polar surface area (TPSA) is 79.8 Å². The molecule has 0 bridgehead atoms. The zero-order chi connectivity index (χ0) is 17.5. The number of benzene rings is 1. The molecular weight excluding hydrogens is 314 g/mol. The molecule has 25 heavy (non-hydrogen) atoms. The molecule has 1 aromatic carbocycles. The fraction of sp³-hybridized carbons (Fsp3) is 0.158. The molecule has 0 atom stereocenters. The Hall–Kier alpha value is -3.28. The second-order valence-corrected chi connectivity index (χ2v) is 5.57. The Bertz CT molecular complexity index is 837. The van der Waals surface area contributed by atoms with Gasteiger partial charge in [0.25, 0.3) is 5.91 Å². The Morgan fingerprint density at radius 2 is 1.80 bits per heavy atom. The predicted molar refractivity (Wildman–Crippen MR) is 95.9 cm³/mol. The van der Waals surface area contributed by atoms with E-state index in [9.17, 15) is 4.79 Å². The minimum absolute atomic E-state index is 0.239. The molecule has 0 aliphatic heterocycles. The second-order valence-electron chi connectivity index (χ2n) is 5.57. The Balaban J connectivity index is 1.65. The first-order valence-electron chi connectivity index (χ1n) is 8.01. The fourth-order valence-corrected chi connectivity index (χ4v) is 2.34. The van der Waals surface area contributed by atoms with Crippen molar-refractivity contribution in [3.63, 3.8) is 0 Å². The van der Waals surface area contributed by atoms with Gasteiger partial charge in [-0.3, -0.25) is 9.78 Å². The van der Waals surface area contributed by atoms with Crippen molar-refractivity contribution in [2.24, 2.45) is 0 Å². The monoisotopic (exact) mass is 333 g/mol. The highest BCUT2D eigenvalue weighted by Gasteiger charge is 2.10. The molecule has 0 spiro atoms. The van der Waals surface area contributed by atoms with Crippen LogP contribution in [-0.4, -0.2) is 20.9 Å². The zero-order valence-corrected chi connectivity index (χ0v) is 13.9. The molecule has 0 saturated heterocycles. The molecular formula is C19H19N5O. The van der Waals surface area contributed by atoms with Crippen LogP contribution in [-0.2, 0) is 13.1 Å². The van der Waals surface area contributed by atoms with Gasteiger partial charge in [0.1, 0.15) is 17.3 Å². The third-order valence-electron chi connectivity index (χ3n) is 3.56. The van der Waals surface area contributed by atoms with Crippen LogP contribution in [0.15, 0.2) is 60.9 Å². The molecule has 6 nitrogen and oxygen atoms in total. The summed E-state index contributed by atoms with van der Waals surface area (Å²) in [6.45, 7) is 2.81. The van der Waals surface area contributed by atoms with E-state index in [-0.39, 0.29) is 5.91 Å². The van der Waals surface area contributed by atoms with Gasteiger partial charge in [0.15, 0.2) is 0 Å². The first-order chi connectivity index (χ1) is 12.2. The van der Waals surface area contributed by atoms with E-state index < -0.39 is 0 Å². The van der Waals surface area contributed by atoms with E-state index >= 15 is 0 Å². The van der Waals surface area contributed by atoms with Gasteiger partial charge in [-0.2, -0.15) is 0 Å². The van der Waals surface area contributed by atoms with Crippen molar-refractivity contribution >= 4 is 11.7 Å². The number of hydrogen-bond donors (Lipinski definition) is 2. The number of carbonyl (C=O) groups excluding carboxylic acids is 1. The maximum Gasteiger partial charge on any atom is 0.270 e. The van der Waals surface area contributed by atoms with Gasteiger partial charge >= 0.3 is 0 Å². The van der Waals surface area contributed by atoms with Crippen LogP contribution in [0.2, 0.25) is 0 Å². The van der Waals surface area contributed by atoms with Gasteiger partial charge in [0.05, 0.1) is 0 Å². The molecule has 6 heteroatoms. The molecule has 3 aromatic rings. The number of rotatable bonds is 6. The molecule has 2 heterocycles. The highest BCUT2D eigenvalue weighted by molar-refractivity contribution is 5.92. The third-order valence-corrected chi connectivity index (χ3v) is 3.56. The molecule has 0 aliphatic carbocycles. The molecule has 0 fully saturated rings. The lowest BCUT2D eigenvalue weighted by molar-refractivity contribution is 0.0945. The molecule has 2 N–H and O–H groups in total. The molecule has 0 aliphatic rings. The summed E-state index contributed by atoms with van der Waals surface area (Å²) >= 11 is 0. The van der Waals surface area contributed by atoms with Gasteiger partial charge in [-0.05, 0) is 24.1 Å². The molecule has 3 rings (SSSR count). The van der Waals surface area contributed by atoms with Gasteiger partial charge in [-0.1, -0.05) is 36.4 Å².